The summed E-state index contributed by atoms with van der Waals surface area (Å²) in [7, 11) is 1.60. The Labute approximate surface area is 171 Å². The van der Waals surface area contributed by atoms with Crippen molar-refractivity contribution in [1.29, 1.82) is 0 Å². The molecule has 1 aliphatic heterocycles. The summed E-state index contributed by atoms with van der Waals surface area (Å²) in [6, 6.07) is 8.68. The van der Waals surface area contributed by atoms with E-state index in [1.54, 1.807) is 7.11 Å². The number of hydrogen-bond acceptors (Lipinski definition) is 6. The highest BCUT2D eigenvalue weighted by Crippen LogP contribution is 2.46. The van der Waals surface area contributed by atoms with Crippen molar-refractivity contribution in [3.05, 3.63) is 52.8 Å². The molecule has 1 aliphatic rings. The standard InChI is InChI=1S/C23H28O6/c1-5-28-21-11-17-20(26)12-19(25)16(10-18(24)13(2)3)23(17)29-22(21)14-6-8-15(27-4)9-7-14/h6-9,12-13,18,24-26H,5,10-11H2,1-4H3. The second-order valence-corrected chi connectivity index (χ2v) is 7.41. The van der Waals surface area contributed by atoms with Gasteiger partial charge >= 0.3 is 0 Å². The van der Waals surface area contributed by atoms with E-state index >= 15 is 0 Å². The van der Waals surface area contributed by atoms with Crippen molar-refractivity contribution >= 4 is 5.76 Å². The van der Waals surface area contributed by atoms with E-state index in [-0.39, 0.29) is 23.8 Å². The number of phenols is 2. The molecule has 2 aromatic carbocycles. The summed E-state index contributed by atoms with van der Waals surface area (Å²) in [5.74, 6) is 2.06. The molecule has 0 aliphatic carbocycles. The normalized spacial score (nSPS) is 14.4. The van der Waals surface area contributed by atoms with Gasteiger partial charge in [-0.2, -0.15) is 0 Å². The van der Waals surface area contributed by atoms with Gasteiger partial charge in [0.05, 0.1) is 19.8 Å². The van der Waals surface area contributed by atoms with Crippen LogP contribution in [0.25, 0.3) is 5.76 Å². The first-order valence-electron chi connectivity index (χ1n) is 9.78. The third-order valence-electron chi connectivity index (χ3n) is 5.09. The highest BCUT2D eigenvalue weighted by molar-refractivity contribution is 5.71. The number of aliphatic hydroxyl groups excluding tert-OH is 1. The molecule has 1 heterocycles. The Hall–Kier alpha value is -2.86. The largest absolute Gasteiger partial charge is 0.507 e. The molecule has 6 nitrogen and oxygen atoms in total. The first-order chi connectivity index (χ1) is 13.8. The monoisotopic (exact) mass is 400 g/mol. The van der Waals surface area contributed by atoms with Crippen LogP contribution in [0, 0.1) is 5.92 Å². The number of allylic oxidation sites excluding steroid dienone is 1. The predicted octanol–water partition coefficient (Wildman–Crippen LogP) is 4.01. The van der Waals surface area contributed by atoms with E-state index in [1.165, 1.54) is 6.07 Å². The summed E-state index contributed by atoms with van der Waals surface area (Å²) in [4.78, 5) is 0. The summed E-state index contributed by atoms with van der Waals surface area (Å²) >= 11 is 0. The average molecular weight is 400 g/mol. The average Bonchev–Trinajstić information content (AvgIpc) is 2.71. The number of rotatable bonds is 7. The summed E-state index contributed by atoms with van der Waals surface area (Å²) in [5, 5.41) is 31.2. The van der Waals surface area contributed by atoms with E-state index in [9.17, 15) is 15.3 Å². The maximum atomic E-state index is 10.5. The topological polar surface area (TPSA) is 88.4 Å². The minimum atomic E-state index is -0.653. The molecule has 156 valence electrons. The van der Waals surface area contributed by atoms with Gasteiger partial charge in [-0.05, 0) is 37.1 Å². The van der Waals surface area contributed by atoms with Crippen molar-refractivity contribution in [2.75, 3.05) is 13.7 Å². The van der Waals surface area contributed by atoms with Gasteiger partial charge in [0.1, 0.15) is 28.8 Å². The predicted molar refractivity (Wildman–Crippen MR) is 110 cm³/mol. The van der Waals surface area contributed by atoms with Gasteiger partial charge in [-0.25, -0.2) is 0 Å². The van der Waals surface area contributed by atoms with Gasteiger partial charge in [0, 0.05) is 35.6 Å². The molecule has 29 heavy (non-hydrogen) atoms. The highest BCUT2D eigenvalue weighted by atomic mass is 16.5. The third kappa shape index (κ3) is 4.27. The molecular weight excluding hydrogens is 372 g/mol. The Morgan fingerprint density at radius 1 is 1.10 bits per heavy atom. The zero-order valence-corrected chi connectivity index (χ0v) is 17.2. The fraction of sp³-hybridized carbons (Fsp3) is 0.391. The maximum absolute atomic E-state index is 10.5. The number of hydrogen-bond donors (Lipinski definition) is 3. The van der Waals surface area contributed by atoms with Crippen molar-refractivity contribution in [1.82, 2.24) is 0 Å². The van der Waals surface area contributed by atoms with Gasteiger partial charge in [0.25, 0.3) is 0 Å². The molecule has 3 rings (SSSR count). The number of methoxy groups -OCH3 is 1. The van der Waals surface area contributed by atoms with Crippen LogP contribution in [0.4, 0.5) is 0 Å². The van der Waals surface area contributed by atoms with Crippen LogP contribution in [0.5, 0.6) is 23.0 Å². The van der Waals surface area contributed by atoms with Crippen LogP contribution in [-0.2, 0) is 17.6 Å². The highest BCUT2D eigenvalue weighted by Gasteiger charge is 2.30. The van der Waals surface area contributed by atoms with E-state index in [0.29, 0.717) is 41.4 Å². The Morgan fingerprint density at radius 2 is 1.79 bits per heavy atom. The van der Waals surface area contributed by atoms with Gasteiger partial charge in [0.2, 0.25) is 0 Å². The molecule has 2 aromatic rings. The van der Waals surface area contributed by atoms with Gasteiger partial charge in [0.15, 0.2) is 5.76 Å². The molecule has 3 N–H and O–H groups in total. The van der Waals surface area contributed by atoms with Crippen LogP contribution in [0.15, 0.2) is 36.1 Å². The van der Waals surface area contributed by atoms with Crippen molar-refractivity contribution in [3.8, 4) is 23.0 Å². The molecule has 0 bridgehead atoms. The molecule has 0 saturated carbocycles. The van der Waals surface area contributed by atoms with Crippen LogP contribution in [0.1, 0.15) is 37.5 Å². The van der Waals surface area contributed by atoms with E-state index in [1.807, 2.05) is 45.0 Å². The summed E-state index contributed by atoms with van der Waals surface area (Å²) in [6.45, 7) is 6.15. The zero-order chi connectivity index (χ0) is 21.1. The van der Waals surface area contributed by atoms with Crippen LogP contribution < -0.4 is 9.47 Å². The second-order valence-electron chi connectivity index (χ2n) is 7.41. The van der Waals surface area contributed by atoms with Crippen LogP contribution in [0.2, 0.25) is 0 Å². The molecule has 0 fully saturated rings. The summed E-state index contributed by atoms with van der Waals surface area (Å²) < 4.78 is 17.2. The van der Waals surface area contributed by atoms with Gasteiger partial charge < -0.3 is 29.5 Å². The molecule has 0 radical (unpaired) electrons. The molecule has 0 aromatic heterocycles. The molecule has 1 unspecified atom stereocenters. The van der Waals surface area contributed by atoms with E-state index in [4.69, 9.17) is 14.2 Å². The van der Waals surface area contributed by atoms with Crippen molar-refractivity contribution < 1.29 is 29.5 Å². The van der Waals surface area contributed by atoms with Crippen molar-refractivity contribution in [2.45, 2.75) is 39.7 Å². The lowest BCUT2D eigenvalue weighted by molar-refractivity contribution is 0.124. The Morgan fingerprint density at radius 3 is 2.38 bits per heavy atom. The minimum Gasteiger partial charge on any atom is -0.507 e. The summed E-state index contributed by atoms with van der Waals surface area (Å²) in [5.41, 5.74) is 1.80. The lowest BCUT2D eigenvalue weighted by Gasteiger charge is -2.27. The lowest BCUT2D eigenvalue weighted by atomic mass is 9.93. The van der Waals surface area contributed by atoms with Crippen LogP contribution in [-0.4, -0.2) is 35.1 Å². The zero-order valence-electron chi connectivity index (χ0n) is 17.2. The minimum absolute atomic E-state index is 0.0121. The third-order valence-corrected chi connectivity index (χ3v) is 5.09. The number of benzene rings is 2. The maximum Gasteiger partial charge on any atom is 0.172 e. The van der Waals surface area contributed by atoms with Gasteiger partial charge in [-0.15, -0.1) is 0 Å². The van der Waals surface area contributed by atoms with E-state index in [0.717, 1.165) is 11.3 Å². The second kappa shape index (κ2) is 8.66. The number of aliphatic hydroxyl groups is 1. The molecule has 6 heteroatoms. The number of fused-ring (bicyclic) bond motifs is 1. The number of aromatic hydroxyl groups is 2. The first kappa shape index (κ1) is 20.9. The number of ether oxygens (including phenoxy) is 3. The fourth-order valence-corrected chi connectivity index (χ4v) is 3.31. The van der Waals surface area contributed by atoms with Gasteiger partial charge in [-0.1, -0.05) is 13.8 Å². The molecule has 0 amide bonds. The Balaban J connectivity index is 2.08. The van der Waals surface area contributed by atoms with E-state index < -0.39 is 6.10 Å². The van der Waals surface area contributed by atoms with Crippen LogP contribution >= 0.6 is 0 Å². The molecule has 1 atom stereocenters. The van der Waals surface area contributed by atoms with Gasteiger partial charge in [-0.3, -0.25) is 0 Å². The molecule has 0 saturated heterocycles. The fourth-order valence-electron chi connectivity index (χ4n) is 3.31. The quantitative estimate of drug-likeness (QED) is 0.651. The first-order valence-corrected chi connectivity index (χ1v) is 9.78. The Kier molecular flexibility index (Phi) is 6.23. The SMILES string of the molecule is CCOC1=C(c2ccc(OC)cc2)Oc2c(c(O)cc(O)c2CC(O)C(C)C)C1. The molecular formula is C23H28O6. The van der Waals surface area contributed by atoms with E-state index in [2.05, 4.69) is 0 Å². The number of phenolic OH excluding ortho intramolecular Hbond substituents is 2. The van der Waals surface area contributed by atoms with Crippen molar-refractivity contribution in [3.63, 3.8) is 0 Å². The Bertz CT molecular complexity index is 899. The van der Waals surface area contributed by atoms with Crippen molar-refractivity contribution in [2.24, 2.45) is 5.92 Å². The van der Waals surface area contributed by atoms with Crippen LogP contribution in [0.3, 0.4) is 0 Å². The lowest BCUT2D eigenvalue weighted by Crippen LogP contribution is -2.20. The smallest absolute Gasteiger partial charge is 0.172 e. The summed E-state index contributed by atoms with van der Waals surface area (Å²) in [6.07, 6.45) is -0.118. The molecule has 0 spiro atoms.